The third kappa shape index (κ3) is 2.64. The van der Waals surface area contributed by atoms with E-state index in [1.54, 1.807) is 0 Å². The van der Waals surface area contributed by atoms with Crippen LogP contribution in [-0.4, -0.2) is 22.6 Å². The Bertz CT molecular complexity index is 626. The molecule has 4 heteroatoms. The van der Waals surface area contributed by atoms with E-state index in [9.17, 15) is 0 Å². The Morgan fingerprint density at radius 3 is 2.86 bits per heavy atom. The van der Waals surface area contributed by atoms with Crippen LogP contribution >= 0.6 is 15.9 Å². The molecule has 3 nitrogen and oxygen atoms in total. The van der Waals surface area contributed by atoms with Crippen LogP contribution in [0, 0.1) is 0 Å². The van der Waals surface area contributed by atoms with Crippen molar-refractivity contribution in [2.75, 3.05) is 13.1 Å². The van der Waals surface area contributed by atoms with Gasteiger partial charge in [-0.15, -0.1) is 0 Å². The number of imidazole rings is 1. The molecule has 21 heavy (non-hydrogen) atoms. The lowest BCUT2D eigenvalue weighted by atomic mass is 9.81. The van der Waals surface area contributed by atoms with Crippen LogP contribution in [0.2, 0.25) is 0 Å². The van der Waals surface area contributed by atoms with Gasteiger partial charge in [-0.2, -0.15) is 0 Å². The Morgan fingerprint density at radius 2 is 2.19 bits per heavy atom. The fourth-order valence-electron chi connectivity index (χ4n) is 3.70. The fourth-order valence-corrected chi connectivity index (χ4v) is 4.05. The average molecular weight is 350 g/mol. The molecule has 1 aliphatic rings. The number of hydrogen-bond acceptors (Lipinski definition) is 2. The minimum absolute atomic E-state index is 0.218. The summed E-state index contributed by atoms with van der Waals surface area (Å²) in [5, 5.41) is 3.56. The van der Waals surface area contributed by atoms with E-state index in [1.807, 2.05) is 0 Å². The van der Waals surface area contributed by atoms with Crippen LogP contribution in [0.4, 0.5) is 0 Å². The summed E-state index contributed by atoms with van der Waals surface area (Å²) in [4.78, 5) is 5.06. The molecular weight excluding hydrogens is 326 g/mol. The summed E-state index contributed by atoms with van der Waals surface area (Å²) in [5.41, 5.74) is 2.61. The van der Waals surface area contributed by atoms with Crippen molar-refractivity contribution in [1.29, 1.82) is 0 Å². The van der Waals surface area contributed by atoms with E-state index in [0.717, 1.165) is 36.0 Å². The maximum atomic E-state index is 5.06. The minimum atomic E-state index is 0.218. The van der Waals surface area contributed by atoms with Crippen LogP contribution < -0.4 is 5.32 Å². The highest BCUT2D eigenvalue weighted by atomic mass is 79.9. The molecule has 0 radical (unpaired) electrons. The molecule has 1 aromatic carbocycles. The van der Waals surface area contributed by atoms with Crippen molar-refractivity contribution in [2.45, 2.75) is 51.5 Å². The van der Waals surface area contributed by atoms with Crippen molar-refractivity contribution in [1.82, 2.24) is 14.9 Å². The zero-order valence-corrected chi connectivity index (χ0v) is 14.5. The molecular formula is C17H24BrN3. The zero-order chi connectivity index (χ0) is 14.9. The molecule has 2 aromatic rings. The van der Waals surface area contributed by atoms with Crippen molar-refractivity contribution in [3.8, 4) is 0 Å². The molecule has 114 valence electrons. The number of hydrogen-bond donors (Lipinski definition) is 1. The SMILES string of the molecule is CCCn1c(C2(CCC)CCNC2)nc2cc(Br)ccc21. The first-order valence-corrected chi connectivity index (χ1v) is 8.86. The number of benzene rings is 1. The van der Waals surface area contributed by atoms with Gasteiger partial charge in [0, 0.05) is 23.0 Å². The smallest absolute Gasteiger partial charge is 0.117 e. The van der Waals surface area contributed by atoms with Gasteiger partial charge in [0.2, 0.25) is 0 Å². The Kier molecular flexibility index (Phi) is 4.36. The predicted molar refractivity (Wildman–Crippen MR) is 91.8 cm³/mol. The van der Waals surface area contributed by atoms with Crippen LogP contribution in [0.1, 0.15) is 45.4 Å². The van der Waals surface area contributed by atoms with Crippen LogP contribution in [0.25, 0.3) is 11.0 Å². The summed E-state index contributed by atoms with van der Waals surface area (Å²) in [6.45, 7) is 7.75. The summed E-state index contributed by atoms with van der Waals surface area (Å²) < 4.78 is 3.57. The number of aromatic nitrogens is 2. The molecule has 1 N–H and O–H groups in total. The molecule has 1 unspecified atom stereocenters. The van der Waals surface area contributed by atoms with E-state index in [1.165, 1.54) is 30.6 Å². The van der Waals surface area contributed by atoms with Gasteiger partial charge in [0.15, 0.2) is 0 Å². The van der Waals surface area contributed by atoms with Gasteiger partial charge in [0.1, 0.15) is 5.82 Å². The maximum Gasteiger partial charge on any atom is 0.117 e. The Labute approximate surface area is 135 Å². The van der Waals surface area contributed by atoms with Crippen LogP contribution in [0.15, 0.2) is 22.7 Å². The largest absolute Gasteiger partial charge is 0.327 e. The van der Waals surface area contributed by atoms with E-state index in [2.05, 4.69) is 57.9 Å². The first-order chi connectivity index (χ1) is 10.2. The Balaban J connectivity index is 2.17. The lowest BCUT2D eigenvalue weighted by molar-refractivity contribution is 0.384. The second-order valence-corrected chi connectivity index (χ2v) is 7.09. The van der Waals surface area contributed by atoms with Gasteiger partial charge >= 0.3 is 0 Å². The van der Waals surface area contributed by atoms with Gasteiger partial charge in [-0.1, -0.05) is 36.2 Å². The van der Waals surface area contributed by atoms with Gasteiger partial charge in [0.25, 0.3) is 0 Å². The predicted octanol–water partition coefficient (Wildman–Crippen LogP) is 4.24. The van der Waals surface area contributed by atoms with Crippen LogP contribution in [0.5, 0.6) is 0 Å². The summed E-state index contributed by atoms with van der Waals surface area (Å²) in [6.07, 6.45) is 4.77. The highest BCUT2D eigenvalue weighted by Gasteiger charge is 2.39. The van der Waals surface area contributed by atoms with Crippen LogP contribution in [-0.2, 0) is 12.0 Å². The number of halogens is 1. The molecule has 0 amide bonds. The van der Waals surface area contributed by atoms with E-state index in [-0.39, 0.29) is 5.41 Å². The third-order valence-electron chi connectivity index (χ3n) is 4.60. The molecule has 0 aliphatic carbocycles. The number of aryl methyl sites for hydroxylation is 1. The van der Waals surface area contributed by atoms with Gasteiger partial charge in [-0.25, -0.2) is 4.98 Å². The first-order valence-electron chi connectivity index (χ1n) is 8.07. The molecule has 0 saturated carbocycles. The molecule has 1 aromatic heterocycles. The highest BCUT2D eigenvalue weighted by molar-refractivity contribution is 9.10. The van der Waals surface area contributed by atoms with Crippen molar-refractivity contribution >= 4 is 27.0 Å². The fraction of sp³-hybridized carbons (Fsp3) is 0.588. The topological polar surface area (TPSA) is 29.9 Å². The molecule has 1 fully saturated rings. The van der Waals surface area contributed by atoms with Gasteiger partial charge in [0.05, 0.1) is 11.0 Å². The monoisotopic (exact) mass is 349 g/mol. The van der Waals surface area contributed by atoms with E-state index >= 15 is 0 Å². The molecule has 1 saturated heterocycles. The summed E-state index contributed by atoms with van der Waals surface area (Å²) in [7, 11) is 0. The van der Waals surface area contributed by atoms with E-state index in [0.29, 0.717) is 0 Å². The zero-order valence-electron chi connectivity index (χ0n) is 13.0. The second-order valence-electron chi connectivity index (χ2n) is 6.18. The lowest BCUT2D eigenvalue weighted by Crippen LogP contribution is -2.32. The number of rotatable bonds is 5. The molecule has 0 bridgehead atoms. The maximum absolute atomic E-state index is 5.06. The first kappa shape index (κ1) is 15.0. The molecule has 2 heterocycles. The summed E-state index contributed by atoms with van der Waals surface area (Å²) in [5.74, 6) is 1.30. The number of nitrogens with one attached hydrogen (secondary N) is 1. The molecule has 3 rings (SSSR count). The summed E-state index contributed by atoms with van der Waals surface area (Å²) in [6, 6.07) is 6.47. The van der Waals surface area contributed by atoms with Gasteiger partial charge in [-0.3, -0.25) is 0 Å². The Morgan fingerprint density at radius 1 is 1.33 bits per heavy atom. The second kappa shape index (κ2) is 6.09. The highest BCUT2D eigenvalue weighted by Crippen LogP contribution is 2.37. The van der Waals surface area contributed by atoms with Crippen molar-refractivity contribution < 1.29 is 0 Å². The summed E-state index contributed by atoms with van der Waals surface area (Å²) >= 11 is 3.57. The van der Waals surface area contributed by atoms with Gasteiger partial charge in [-0.05, 0) is 44.0 Å². The minimum Gasteiger partial charge on any atom is -0.327 e. The number of nitrogens with zero attached hydrogens (tertiary/aromatic N) is 2. The van der Waals surface area contributed by atoms with Crippen molar-refractivity contribution in [3.63, 3.8) is 0 Å². The number of fused-ring (bicyclic) bond motifs is 1. The molecule has 1 aliphatic heterocycles. The molecule has 0 spiro atoms. The van der Waals surface area contributed by atoms with Crippen molar-refractivity contribution in [3.05, 3.63) is 28.5 Å². The van der Waals surface area contributed by atoms with Crippen LogP contribution in [0.3, 0.4) is 0 Å². The molecule has 1 atom stereocenters. The third-order valence-corrected chi connectivity index (χ3v) is 5.10. The van der Waals surface area contributed by atoms with E-state index in [4.69, 9.17) is 4.98 Å². The van der Waals surface area contributed by atoms with Gasteiger partial charge < -0.3 is 9.88 Å². The van der Waals surface area contributed by atoms with Crippen molar-refractivity contribution in [2.24, 2.45) is 0 Å². The normalized spacial score (nSPS) is 22.2. The Hall–Kier alpha value is -0.870. The lowest BCUT2D eigenvalue weighted by Gasteiger charge is -2.28. The standard InChI is InChI=1S/C17H24BrN3/c1-3-7-17(8-9-19-12-17)16-20-14-11-13(18)5-6-15(14)21(16)10-4-2/h5-6,11,19H,3-4,7-10,12H2,1-2H3. The van der Waals surface area contributed by atoms with E-state index < -0.39 is 0 Å². The average Bonchev–Trinajstić information content (AvgIpc) is 3.06. The quantitative estimate of drug-likeness (QED) is 0.874.